The van der Waals surface area contributed by atoms with Gasteiger partial charge in [0.25, 0.3) is 5.91 Å². The van der Waals surface area contributed by atoms with Crippen LogP contribution in [0.25, 0.3) is 17.5 Å². The summed E-state index contributed by atoms with van der Waals surface area (Å²) >= 11 is 1.33. The number of ether oxygens (including phenoxy) is 1. The van der Waals surface area contributed by atoms with Gasteiger partial charge in [-0.05, 0) is 32.1 Å². The number of hydrogen-bond donors (Lipinski definition) is 1. The number of nitrogens with zero attached hydrogens (tertiary/aromatic N) is 4. The predicted molar refractivity (Wildman–Crippen MR) is 125 cm³/mol. The van der Waals surface area contributed by atoms with Gasteiger partial charge in [-0.2, -0.15) is 5.10 Å². The topological polar surface area (TPSA) is 81.4 Å². The molecule has 1 N–H and O–H groups in total. The summed E-state index contributed by atoms with van der Waals surface area (Å²) < 4.78 is 7.29. The summed E-state index contributed by atoms with van der Waals surface area (Å²) in [6.07, 6.45) is 5.13. The fourth-order valence-electron chi connectivity index (χ4n) is 2.86. The standard InChI is InChI=1S/C23H25N5O2S/c1-4-28-22(19-13-11-17(2)12-14-19)26-27-23(28)31-16-21(29)25-24-15-7-9-18-8-5-6-10-20(18)30-3/h5-15H,4,16H2,1-3H3,(H,25,29)/b9-7+,24-15-. The number of carbonyl (C=O) groups is 1. The molecule has 0 saturated heterocycles. The Balaban J connectivity index is 1.53. The molecule has 0 radical (unpaired) electrons. The molecule has 3 rings (SSSR count). The summed E-state index contributed by atoms with van der Waals surface area (Å²) in [5.74, 6) is 1.55. The Hall–Kier alpha value is -3.39. The molecule has 1 heterocycles. The van der Waals surface area contributed by atoms with Crippen molar-refractivity contribution in [1.82, 2.24) is 20.2 Å². The summed E-state index contributed by atoms with van der Waals surface area (Å²) in [6, 6.07) is 15.8. The zero-order valence-corrected chi connectivity index (χ0v) is 18.6. The lowest BCUT2D eigenvalue weighted by molar-refractivity contribution is -0.118. The van der Waals surface area contributed by atoms with Crippen LogP contribution >= 0.6 is 11.8 Å². The molecule has 0 spiro atoms. The second-order valence-electron chi connectivity index (χ2n) is 6.62. The Morgan fingerprint density at radius 2 is 1.97 bits per heavy atom. The normalized spacial score (nSPS) is 11.3. The van der Waals surface area contributed by atoms with Gasteiger partial charge in [-0.1, -0.05) is 59.8 Å². The number of thioether (sulfide) groups is 1. The van der Waals surface area contributed by atoms with E-state index in [1.54, 1.807) is 13.2 Å². The Kier molecular flexibility index (Phi) is 8.00. The maximum absolute atomic E-state index is 12.1. The largest absolute Gasteiger partial charge is 0.496 e. The van der Waals surface area contributed by atoms with Crippen LogP contribution in [0.1, 0.15) is 18.1 Å². The third kappa shape index (κ3) is 6.05. The molecular weight excluding hydrogens is 410 g/mol. The van der Waals surface area contributed by atoms with Gasteiger partial charge in [0.15, 0.2) is 11.0 Å². The van der Waals surface area contributed by atoms with E-state index < -0.39 is 0 Å². The highest BCUT2D eigenvalue weighted by Crippen LogP contribution is 2.24. The second kappa shape index (κ2) is 11.1. The van der Waals surface area contributed by atoms with Gasteiger partial charge in [0.05, 0.1) is 12.9 Å². The lowest BCUT2D eigenvalue weighted by Gasteiger charge is -2.07. The number of aryl methyl sites for hydroxylation is 1. The summed E-state index contributed by atoms with van der Waals surface area (Å²) in [5.41, 5.74) is 5.64. The number of aromatic nitrogens is 3. The first-order valence-corrected chi connectivity index (χ1v) is 10.9. The van der Waals surface area contributed by atoms with Gasteiger partial charge in [0.2, 0.25) is 0 Å². The van der Waals surface area contributed by atoms with Gasteiger partial charge in [0, 0.05) is 23.9 Å². The number of nitrogens with one attached hydrogen (secondary N) is 1. The third-order valence-corrected chi connectivity index (χ3v) is 5.41. The minimum Gasteiger partial charge on any atom is -0.496 e. The Morgan fingerprint density at radius 1 is 1.19 bits per heavy atom. The summed E-state index contributed by atoms with van der Waals surface area (Å²) in [6.45, 7) is 4.79. The van der Waals surface area contributed by atoms with Crippen molar-refractivity contribution in [1.29, 1.82) is 0 Å². The van der Waals surface area contributed by atoms with Gasteiger partial charge >= 0.3 is 0 Å². The van der Waals surface area contributed by atoms with E-state index >= 15 is 0 Å². The zero-order valence-electron chi connectivity index (χ0n) is 17.8. The number of rotatable bonds is 9. The monoisotopic (exact) mass is 435 g/mol. The minimum absolute atomic E-state index is 0.194. The Bertz CT molecular complexity index is 1070. The average molecular weight is 436 g/mol. The van der Waals surface area contributed by atoms with Crippen molar-refractivity contribution >= 4 is 30.0 Å². The van der Waals surface area contributed by atoms with Gasteiger partial charge in [0.1, 0.15) is 5.75 Å². The number of amides is 1. The lowest BCUT2D eigenvalue weighted by atomic mass is 10.1. The fourth-order valence-corrected chi connectivity index (χ4v) is 3.66. The predicted octanol–water partition coefficient (Wildman–Crippen LogP) is 4.19. The van der Waals surface area contributed by atoms with Gasteiger partial charge in [-0.15, -0.1) is 10.2 Å². The number of benzene rings is 2. The SMILES string of the molecule is CCn1c(SCC(=O)N/N=C\C=C\c2ccccc2OC)nnc1-c1ccc(C)cc1. The number of carbonyl (C=O) groups excluding carboxylic acids is 1. The molecule has 0 aliphatic carbocycles. The lowest BCUT2D eigenvalue weighted by Crippen LogP contribution is -2.19. The van der Waals surface area contributed by atoms with E-state index in [2.05, 4.69) is 20.7 Å². The molecule has 0 atom stereocenters. The molecule has 0 aliphatic heterocycles. The van der Waals surface area contributed by atoms with Crippen LogP contribution in [0.4, 0.5) is 0 Å². The Morgan fingerprint density at radius 3 is 2.71 bits per heavy atom. The number of hydrogen-bond acceptors (Lipinski definition) is 6. The summed E-state index contributed by atoms with van der Waals surface area (Å²) in [7, 11) is 1.63. The van der Waals surface area contributed by atoms with E-state index in [-0.39, 0.29) is 11.7 Å². The zero-order chi connectivity index (χ0) is 22.1. The minimum atomic E-state index is -0.213. The molecule has 31 heavy (non-hydrogen) atoms. The highest BCUT2D eigenvalue weighted by Gasteiger charge is 2.14. The van der Waals surface area contributed by atoms with Gasteiger partial charge < -0.3 is 9.30 Å². The van der Waals surface area contributed by atoms with Gasteiger partial charge in [-0.3, -0.25) is 4.79 Å². The first-order valence-electron chi connectivity index (χ1n) is 9.87. The van der Waals surface area contributed by atoms with E-state index in [0.29, 0.717) is 11.7 Å². The third-order valence-electron chi connectivity index (χ3n) is 4.44. The molecule has 160 valence electrons. The molecule has 1 amide bonds. The number of para-hydroxylation sites is 1. The van der Waals surface area contributed by atoms with Crippen molar-refractivity contribution in [2.75, 3.05) is 12.9 Å². The highest BCUT2D eigenvalue weighted by atomic mass is 32.2. The number of methoxy groups -OCH3 is 1. The van der Waals surface area contributed by atoms with Crippen LogP contribution in [-0.4, -0.2) is 39.7 Å². The van der Waals surface area contributed by atoms with E-state index in [0.717, 1.165) is 22.7 Å². The first kappa shape index (κ1) is 22.3. The van der Waals surface area contributed by atoms with Crippen molar-refractivity contribution in [3.63, 3.8) is 0 Å². The van der Waals surface area contributed by atoms with E-state index in [1.165, 1.54) is 23.5 Å². The van der Waals surface area contributed by atoms with E-state index in [9.17, 15) is 4.79 Å². The van der Waals surface area contributed by atoms with Crippen molar-refractivity contribution in [2.45, 2.75) is 25.5 Å². The average Bonchev–Trinajstić information content (AvgIpc) is 3.21. The summed E-state index contributed by atoms with van der Waals surface area (Å²) in [4.78, 5) is 12.1. The smallest absolute Gasteiger partial charge is 0.250 e. The fraction of sp³-hybridized carbons (Fsp3) is 0.217. The van der Waals surface area contributed by atoms with Crippen molar-refractivity contribution in [3.05, 3.63) is 65.7 Å². The molecule has 1 aromatic heterocycles. The quantitative estimate of drug-likeness (QED) is 0.310. The van der Waals surface area contributed by atoms with Crippen molar-refractivity contribution < 1.29 is 9.53 Å². The molecule has 0 fully saturated rings. The molecule has 0 saturated carbocycles. The molecule has 8 heteroatoms. The molecule has 7 nitrogen and oxygen atoms in total. The molecule has 0 unspecified atom stereocenters. The van der Waals surface area contributed by atoms with E-state index in [4.69, 9.17) is 4.74 Å². The van der Waals surface area contributed by atoms with E-state index in [1.807, 2.05) is 73.0 Å². The molecular formula is C23H25N5O2S. The maximum Gasteiger partial charge on any atom is 0.250 e. The molecule has 3 aromatic rings. The van der Waals surface area contributed by atoms with Crippen LogP contribution in [0.15, 0.2) is 64.9 Å². The molecule has 0 aliphatic rings. The highest BCUT2D eigenvalue weighted by molar-refractivity contribution is 7.99. The van der Waals surface area contributed by atoms with Crippen LogP contribution in [0.2, 0.25) is 0 Å². The van der Waals surface area contributed by atoms with Crippen LogP contribution in [0.5, 0.6) is 5.75 Å². The second-order valence-corrected chi connectivity index (χ2v) is 7.56. The number of hydrazone groups is 1. The van der Waals surface area contributed by atoms with Crippen LogP contribution in [0.3, 0.4) is 0 Å². The van der Waals surface area contributed by atoms with Gasteiger partial charge in [-0.25, -0.2) is 5.43 Å². The van der Waals surface area contributed by atoms with Crippen molar-refractivity contribution in [3.8, 4) is 17.1 Å². The molecule has 2 aromatic carbocycles. The summed E-state index contributed by atoms with van der Waals surface area (Å²) in [5, 5.41) is 13.2. The first-order chi connectivity index (χ1) is 15.1. The van der Waals surface area contributed by atoms with Crippen LogP contribution in [0, 0.1) is 6.92 Å². The Labute approximate surface area is 186 Å². The van der Waals surface area contributed by atoms with Crippen LogP contribution < -0.4 is 10.2 Å². The van der Waals surface area contributed by atoms with Crippen LogP contribution in [-0.2, 0) is 11.3 Å². The maximum atomic E-state index is 12.1. The molecule has 0 bridgehead atoms. The van der Waals surface area contributed by atoms with Crippen molar-refractivity contribution in [2.24, 2.45) is 5.10 Å². The number of allylic oxidation sites excluding steroid dienone is 1.